The fraction of sp³-hybridized carbons (Fsp3) is 0.0345. The lowest BCUT2D eigenvalue weighted by atomic mass is 10.1. The largest absolute Gasteiger partial charge is 0.455 e. The van der Waals surface area contributed by atoms with Crippen LogP contribution in [0.5, 0.6) is 11.5 Å². The van der Waals surface area contributed by atoms with Crippen LogP contribution in [0, 0.1) is 0 Å². The van der Waals surface area contributed by atoms with Crippen LogP contribution >= 0.6 is 0 Å². The van der Waals surface area contributed by atoms with E-state index in [2.05, 4.69) is 10.4 Å². The van der Waals surface area contributed by atoms with Crippen LogP contribution in [0.25, 0.3) is 16.5 Å². The number of hydrogen-bond acceptors (Lipinski definition) is 6. The van der Waals surface area contributed by atoms with Crippen LogP contribution in [0.1, 0.15) is 10.5 Å². The topological polar surface area (TPSA) is 99.5 Å². The van der Waals surface area contributed by atoms with Crippen LogP contribution in [-0.2, 0) is 9.53 Å². The SMILES string of the molecule is O=C(COC(=O)c1nn(-c2ccccc2)c(=O)c2ccccc12)Nc1ccccc1Oc1ccccc1. The van der Waals surface area contributed by atoms with Crippen LogP contribution in [0.3, 0.4) is 0 Å². The van der Waals surface area contributed by atoms with Gasteiger partial charge in [0.05, 0.1) is 16.8 Å². The highest BCUT2D eigenvalue weighted by Gasteiger charge is 2.20. The summed E-state index contributed by atoms with van der Waals surface area (Å²) >= 11 is 0. The van der Waals surface area contributed by atoms with Crippen molar-refractivity contribution in [1.29, 1.82) is 0 Å². The number of aromatic nitrogens is 2. The number of carbonyl (C=O) groups excluding carboxylic acids is 2. The van der Waals surface area contributed by atoms with E-state index in [-0.39, 0.29) is 11.3 Å². The summed E-state index contributed by atoms with van der Waals surface area (Å²) in [6, 6.07) is 31.5. The number of esters is 1. The summed E-state index contributed by atoms with van der Waals surface area (Å²) in [5.41, 5.74) is 0.486. The van der Waals surface area contributed by atoms with Crippen molar-refractivity contribution in [3.63, 3.8) is 0 Å². The first-order valence-corrected chi connectivity index (χ1v) is 11.5. The first-order chi connectivity index (χ1) is 18.1. The highest BCUT2D eigenvalue weighted by molar-refractivity contribution is 6.03. The number of rotatable bonds is 7. The number of ether oxygens (including phenoxy) is 2. The van der Waals surface area contributed by atoms with E-state index in [9.17, 15) is 14.4 Å². The minimum atomic E-state index is -0.829. The first-order valence-electron chi connectivity index (χ1n) is 11.5. The molecule has 0 saturated carbocycles. The maximum Gasteiger partial charge on any atom is 0.359 e. The highest BCUT2D eigenvalue weighted by atomic mass is 16.5. The number of nitrogens with zero attached hydrogens (tertiary/aromatic N) is 2. The van der Waals surface area contributed by atoms with Crippen LogP contribution in [0.15, 0.2) is 114 Å². The van der Waals surface area contributed by atoms with Crippen molar-refractivity contribution in [1.82, 2.24) is 9.78 Å². The second-order valence-electron chi connectivity index (χ2n) is 7.98. The van der Waals surface area contributed by atoms with Gasteiger partial charge in [0.15, 0.2) is 18.1 Å². The van der Waals surface area contributed by atoms with Crippen molar-refractivity contribution in [2.75, 3.05) is 11.9 Å². The minimum absolute atomic E-state index is 0.0698. The molecule has 4 aromatic carbocycles. The van der Waals surface area contributed by atoms with Gasteiger partial charge in [-0.15, -0.1) is 0 Å². The molecule has 0 unspecified atom stereocenters. The summed E-state index contributed by atoms with van der Waals surface area (Å²) in [5, 5.41) is 7.63. The summed E-state index contributed by atoms with van der Waals surface area (Å²) in [7, 11) is 0. The number of anilines is 1. The Morgan fingerprint density at radius 2 is 1.38 bits per heavy atom. The van der Waals surface area contributed by atoms with E-state index >= 15 is 0 Å². The van der Waals surface area contributed by atoms with Crippen molar-refractivity contribution in [2.24, 2.45) is 0 Å². The van der Waals surface area contributed by atoms with Gasteiger partial charge < -0.3 is 14.8 Å². The molecule has 0 aliphatic rings. The normalized spacial score (nSPS) is 10.6. The van der Waals surface area contributed by atoms with Gasteiger partial charge in [-0.25, -0.2) is 4.79 Å². The zero-order chi connectivity index (χ0) is 25.6. The van der Waals surface area contributed by atoms with E-state index in [0.29, 0.717) is 33.6 Å². The van der Waals surface area contributed by atoms with E-state index in [4.69, 9.17) is 9.47 Å². The zero-order valence-electron chi connectivity index (χ0n) is 19.5. The zero-order valence-corrected chi connectivity index (χ0v) is 19.5. The number of carbonyl (C=O) groups is 2. The molecule has 8 heteroatoms. The summed E-state index contributed by atoms with van der Waals surface area (Å²) in [6.07, 6.45) is 0. The van der Waals surface area contributed by atoms with E-state index in [0.717, 1.165) is 4.68 Å². The third-order valence-corrected chi connectivity index (χ3v) is 5.47. The molecule has 0 fully saturated rings. The molecule has 0 spiro atoms. The smallest absolute Gasteiger partial charge is 0.359 e. The molecule has 0 bridgehead atoms. The molecule has 1 heterocycles. The molecular weight excluding hydrogens is 470 g/mol. The fourth-order valence-electron chi connectivity index (χ4n) is 3.74. The van der Waals surface area contributed by atoms with E-state index < -0.39 is 18.5 Å². The van der Waals surface area contributed by atoms with Gasteiger partial charge in [0.2, 0.25) is 0 Å². The Labute approximate surface area is 211 Å². The van der Waals surface area contributed by atoms with Gasteiger partial charge in [0.25, 0.3) is 11.5 Å². The molecule has 0 saturated heterocycles. The van der Waals surface area contributed by atoms with E-state index in [1.54, 1.807) is 84.9 Å². The molecule has 37 heavy (non-hydrogen) atoms. The van der Waals surface area contributed by atoms with Crippen molar-refractivity contribution >= 4 is 28.3 Å². The molecule has 5 aromatic rings. The predicted molar refractivity (Wildman–Crippen MR) is 139 cm³/mol. The highest BCUT2D eigenvalue weighted by Crippen LogP contribution is 2.29. The van der Waals surface area contributed by atoms with Gasteiger partial charge in [0, 0.05) is 5.39 Å². The summed E-state index contributed by atoms with van der Waals surface area (Å²) in [5.74, 6) is -0.332. The predicted octanol–water partition coefficient (Wildman–Crippen LogP) is 4.97. The average molecular weight is 492 g/mol. The molecule has 0 aliphatic heterocycles. The molecule has 0 radical (unpaired) electrons. The van der Waals surface area contributed by atoms with Gasteiger partial charge >= 0.3 is 5.97 Å². The Balaban J connectivity index is 1.35. The van der Waals surface area contributed by atoms with Gasteiger partial charge in [-0.1, -0.05) is 66.7 Å². The van der Waals surface area contributed by atoms with E-state index in [1.165, 1.54) is 0 Å². The van der Waals surface area contributed by atoms with Crippen LogP contribution < -0.4 is 15.6 Å². The summed E-state index contributed by atoms with van der Waals surface area (Å²) in [4.78, 5) is 38.7. The van der Waals surface area contributed by atoms with Crippen molar-refractivity contribution < 1.29 is 19.1 Å². The Morgan fingerprint density at radius 3 is 2.14 bits per heavy atom. The molecule has 8 nitrogen and oxygen atoms in total. The molecule has 1 amide bonds. The molecule has 5 rings (SSSR count). The Hall–Kier alpha value is -5.24. The number of amides is 1. The van der Waals surface area contributed by atoms with Gasteiger partial charge in [-0.2, -0.15) is 9.78 Å². The monoisotopic (exact) mass is 491 g/mol. The van der Waals surface area contributed by atoms with Crippen molar-refractivity contribution in [3.8, 4) is 17.2 Å². The first kappa shape index (κ1) is 23.5. The molecule has 1 aromatic heterocycles. The Bertz CT molecular complexity index is 1630. The van der Waals surface area contributed by atoms with E-state index in [1.807, 2.05) is 24.3 Å². The molecule has 1 N–H and O–H groups in total. The second kappa shape index (κ2) is 10.6. The van der Waals surface area contributed by atoms with Crippen LogP contribution in [0.4, 0.5) is 5.69 Å². The number of para-hydroxylation sites is 4. The Kier molecular flexibility index (Phi) is 6.72. The maximum absolute atomic E-state index is 13.0. The number of fused-ring (bicyclic) bond motifs is 1. The summed E-state index contributed by atoms with van der Waals surface area (Å²) < 4.78 is 12.3. The lowest BCUT2D eigenvalue weighted by molar-refractivity contribution is -0.119. The standard InChI is InChI=1S/C29H21N3O5/c33-26(30-24-17-9-10-18-25(24)37-21-13-5-2-6-14-21)19-36-29(35)27-22-15-7-8-16-23(22)28(34)32(31-27)20-11-3-1-4-12-20/h1-18H,19H2,(H,30,33). The van der Waals surface area contributed by atoms with Crippen LogP contribution in [0.2, 0.25) is 0 Å². The number of benzene rings is 4. The number of hydrogen-bond donors (Lipinski definition) is 1. The van der Waals surface area contributed by atoms with Crippen molar-refractivity contribution in [3.05, 3.63) is 125 Å². The van der Waals surface area contributed by atoms with Gasteiger partial charge in [0.1, 0.15) is 5.75 Å². The third-order valence-electron chi connectivity index (χ3n) is 5.47. The van der Waals surface area contributed by atoms with Gasteiger partial charge in [-0.3, -0.25) is 9.59 Å². The van der Waals surface area contributed by atoms with Crippen molar-refractivity contribution in [2.45, 2.75) is 0 Å². The summed E-state index contributed by atoms with van der Waals surface area (Å²) in [6.45, 7) is -0.557. The lowest BCUT2D eigenvalue weighted by Gasteiger charge is -2.13. The number of nitrogens with one attached hydrogen (secondary N) is 1. The quantitative estimate of drug-likeness (QED) is 0.323. The molecule has 182 valence electrons. The maximum atomic E-state index is 13.0. The molecule has 0 atom stereocenters. The Morgan fingerprint density at radius 1 is 0.757 bits per heavy atom. The molecule has 0 aliphatic carbocycles. The fourth-order valence-corrected chi connectivity index (χ4v) is 3.74. The minimum Gasteiger partial charge on any atom is -0.455 e. The van der Waals surface area contributed by atoms with Gasteiger partial charge in [-0.05, 0) is 42.5 Å². The average Bonchev–Trinajstić information content (AvgIpc) is 2.94. The lowest BCUT2D eigenvalue weighted by Crippen LogP contribution is -2.26. The molecular formula is C29H21N3O5. The van der Waals surface area contributed by atoms with Crippen LogP contribution in [-0.4, -0.2) is 28.3 Å². The second-order valence-corrected chi connectivity index (χ2v) is 7.98. The third kappa shape index (κ3) is 5.23.